The van der Waals surface area contributed by atoms with Crippen LogP contribution >= 0.6 is 11.6 Å². The van der Waals surface area contributed by atoms with E-state index in [0.717, 1.165) is 26.8 Å². The van der Waals surface area contributed by atoms with Crippen molar-refractivity contribution in [3.8, 4) is 11.3 Å². The maximum atomic E-state index is 14.0. The minimum atomic E-state index is -4.51. The van der Waals surface area contributed by atoms with E-state index in [-0.39, 0.29) is 37.3 Å². The van der Waals surface area contributed by atoms with Gasteiger partial charge in [0, 0.05) is 5.56 Å². The molecule has 0 saturated heterocycles. The number of carbonyl (C=O) groups is 2. The van der Waals surface area contributed by atoms with Crippen LogP contribution < -0.4 is 5.73 Å². The van der Waals surface area contributed by atoms with E-state index in [2.05, 4.69) is 5.10 Å². The van der Waals surface area contributed by atoms with Gasteiger partial charge in [-0.15, -0.1) is 0 Å². The van der Waals surface area contributed by atoms with Crippen molar-refractivity contribution in [2.24, 2.45) is 5.73 Å². The summed E-state index contributed by atoms with van der Waals surface area (Å²) >= 11 is 5.99. The molecule has 4 aromatic rings. The highest BCUT2D eigenvalue weighted by Crippen LogP contribution is 2.37. The number of halogens is 2. The smallest absolute Gasteiger partial charge is 0.407 e. The number of carboxylic acid groups (broad SMARTS) is 1. The van der Waals surface area contributed by atoms with Gasteiger partial charge in [0.15, 0.2) is 0 Å². The van der Waals surface area contributed by atoms with Crippen LogP contribution in [0.15, 0.2) is 76.5 Å². The second kappa shape index (κ2) is 12.7. The van der Waals surface area contributed by atoms with Gasteiger partial charge < -0.3 is 10.8 Å². The van der Waals surface area contributed by atoms with Gasteiger partial charge in [-0.3, -0.25) is 22.7 Å². The number of rotatable bonds is 10. The van der Waals surface area contributed by atoms with Crippen LogP contribution in [0.4, 0.5) is 9.18 Å². The first-order chi connectivity index (χ1) is 22.0. The van der Waals surface area contributed by atoms with Crippen molar-refractivity contribution in [3.63, 3.8) is 0 Å². The molecule has 47 heavy (non-hydrogen) atoms. The lowest BCUT2D eigenvalue weighted by molar-refractivity contribution is 0.0198. The summed E-state index contributed by atoms with van der Waals surface area (Å²) in [7, 11) is -9.02. The van der Waals surface area contributed by atoms with Crippen molar-refractivity contribution in [2.75, 3.05) is 19.8 Å². The van der Waals surface area contributed by atoms with Gasteiger partial charge in [0.2, 0.25) is 0 Å². The third-order valence-electron chi connectivity index (χ3n) is 7.55. The number of hydrogen-bond acceptors (Lipinski definition) is 9. The van der Waals surface area contributed by atoms with Crippen LogP contribution in [0.5, 0.6) is 0 Å². The number of nitrogens with zero attached hydrogens (tertiary/aromatic N) is 3. The number of aromatic nitrogens is 2. The SMILES string of the molecule is Cc1ccc(S(=O)(=O)OCC2(COS(=O)(=O)c3ccc(C)cc3)CN(C(=O)O)Cc3c(C(N)=O)c(-c4ccc(F)c(Cl)c4)nn32)cc1. The molecule has 0 unspecified atom stereocenters. The first-order valence-corrected chi connectivity index (χ1v) is 17.0. The molecule has 0 aliphatic carbocycles. The van der Waals surface area contributed by atoms with Crippen molar-refractivity contribution in [1.82, 2.24) is 14.7 Å². The standard InChI is InChI=1S/C30H28ClFN4O9S2/c1-18-3-8-21(9-4-18)46(40,41)44-16-30(17-45-47(42,43)22-10-5-19(2)6-11-22)15-35(29(38)39)14-25-26(28(33)37)27(34-36(25)30)20-7-12-24(32)23(31)13-20/h3-13H,14-17H2,1-2H3,(H2,33,37)(H,38,39). The third kappa shape index (κ3) is 6.87. The van der Waals surface area contributed by atoms with E-state index in [1.165, 1.54) is 36.4 Å². The highest BCUT2D eigenvalue weighted by atomic mass is 35.5. The van der Waals surface area contributed by atoms with Gasteiger partial charge in [-0.2, -0.15) is 21.9 Å². The molecular weight excluding hydrogens is 679 g/mol. The number of carbonyl (C=O) groups excluding carboxylic acids is 1. The molecule has 248 valence electrons. The summed E-state index contributed by atoms with van der Waals surface area (Å²) < 4.78 is 79.3. The summed E-state index contributed by atoms with van der Waals surface area (Å²) in [5.74, 6) is -1.82. The Balaban J connectivity index is 1.69. The molecule has 1 aromatic heterocycles. The zero-order chi connectivity index (χ0) is 34.3. The summed E-state index contributed by atoms with van der Waals surface area (Å²) in [6.45, 7) is 0.655. The molecule has 2 heterocycles. The zero-order valence-corrected chi connectivity index (χ0v) is 27.3. The predicted octanol–water partition coefficient (Wildman–Crippen LogP) is 4.06. The molecular formula is C30H28ClFN4O9S2. The quantitative estimate of drug-likeness (QED) is 0.228. The second-order valence-corrected chi connectivity index (χ2v) is 14.6. The molecule has 0 atom stereocenters. The molecule has 3 aromatic carbocycles. The van der Waals surface area contributed by atoms with Crippen molar-refractivity contribution >= 4 is 43.8 Å². The molecule has 0 bridgehead atoms. The fourth-order valence-electron chi connectivity index (χ4n) is 5.07. The normalized spacial score (nSPS) is 14.5. The molecule has 1 aliphatic rings. The molecule has 3 N–H and O–H groups in total. The van der Waals surface area contributed by atoms with E-state index >= 15 is 0 Å². The van der Waals surface area contributed by atoms with Gasteiger partial charge in [-0.05, 0) is 56.3 Å². The molecule has 13 nitrogen and oxygen atoms in total. The fourth-order valence-corrected chi connectivity index (χ4v) is 7.21. The second-order valence-electron chi connectivity index (χ2n) is 11.0. The average molecular weight is 707 g/mol. The Labute approximate surface area is 274 Å². The number of nitrogens with two attached hydrogens (primary N) is 1. The Hall–Kier alpha value is -4.35. The van der Waals surface area contributed by atoms with Gasteiger partial charge in [-0.25, -0.2) is 9.18 Å². The number of aryl methyl sites for hydroxylation is 2. The average Bonchev–Trinajstić information content (AvgIpc) is 3.41. The van der Waals surface area contributed by atoms with Crippen molar-refractivity contribution in [2.45, 2.75) is 35.7 Å². The highest BCUT2D eigenvalue weighted by Gasteiger charge is 2.47. The molecule has 5 rings (SSSR count). The lowest BCUT2D eigenvalue weighted by Crippen LogP contribution is -2.58. The molecule has 0 spiro atoms. The molecule has 17 heteroatoms. The van der Waals surface area contributed by atoms with Crippen LogP contribution in [-0.2, 0) is 40.7 Å². The topological polar surface area (TPSA) is 188 Å². The Bertz CT molecular complexity index is 2010. The Morgan fingerprint density at radius 2 is 1.45 bits per heavy atom. The van der Waals surface area contributed by atoms with Crippen LogP contribution in [0, 0.1) is 19.7 Å². The highest BCUT2D eigenvalue weighted by molar-refractivity contribution is 7.87. The van der Waals surface area contributed by atoms with E-state index in [1.807, 2.05) is 0 Å². The Morgan fingerprint density at radius 3 is 1.89 bits per heavy atom. The minimum Gasteiger partial charge on any atom is -0.465 e. The number of primary amides is 1. The maximum absolute atomic E-state index is 14.0. The van der Waals surface area contributed by atoms with E-state index in [4.69, 9.17) is 25.7 Å². The number of hydrogen-bond donors (Lipinski definition) is 2. The molecule has 0 saturated carbocycles. The van der Waals surface area contributed by atoms with E-state index in [9.17, 15) is 35.9 Å². The van der Waals surface area contributed by atoms with Gasteiger partial charge in [-0.1, -0.05) is 47.0 Å². The van der Waals surface area contributed by atoms with Crippen molar-refractivity contribution in [1.29, 1.82) is 0 Å². The summed E-state index contributed by atoms with van der Waals surface area (Å²) in [5, 5.41) is 14.3. The zero-order valence-electron chi connectivity index (χ0n) is 24.9. The summed E-state index contributed by atoms with van der Waals surface area (Å²) in [5.41, 5.74) is 4.83. The van der Waals surface area contributed by atoms with Crippen LogP contribution in [0.3, 0.4) is 0 Å². The van der Waals surface area contributed by atoms with E-state index in [0.29, 0.717) is 0 Å². The number of amides is 2. The largest absolute Gasteiger partial charge is 0.465 e. The third-order valence-corrected chi connectivity index (χ3v) is 10.4. The maximum Gasteiger partial charge on any atom is 0.407 e. The molecule has 1 aliphatic heterocycles. The monoisotopic (exact) mass is 706 g/mol. The molecule has 2 amide bonds. The first kappa shape index (κ1) is 34.0. The van der Waals surface area contributed by atoms with E-state index < -0.39 is 69.9 Å². The lowest BCUT2D eigenvalue weighted by Gasteiger charge is -2.41. The molecule has 0 fully saturated rings. The first-order valence-electron chi connectivity index (χ1n) is 13.8. The fraction of sp³-hybridized carbons (Fsp3) is 0.233. The number of fused-ring (bicyclic) bond motifs is 1. The lowest BCUT2D eigenvalue weighted by atomic mass is 9.96. The predicted molar refractivity (Wildman–Crippen MR) is 166 cm³/mol. The van der Waals surface area contributed by atoms with Gasteiger partial charge >= 0.3 is 6.09 Å². The van der Waals surface area contributed by atoms with Gasteiger partial charge in [0.1, 0.15) is 17.1 Å². The Morgan fingerprint density at radius 1 is 0.936 bits per heavy atom. The number of benzene rings is 3. The van der Waals surface area contributed by atoms with Crippen LogP contribution in [0.2, 0.25) is 5.02 Å². The molecule has 0 radical (unpaired) electrons. The van der Waals surface area contributed by atoms with Crippen LogP contribution in [-0.4, -0.2) is 68.4 Å². The van der Waals surface area contributed by atoms with Gasteiger partial charge in [0.25, 0.3) is 26.1 Å². The van der Waals surface area contributed by atoms with Crippen molar-refractivity contribution in [3.05, 3.63) is 100.0 Å². The van der Waals surface area contributed by atoms with E-state index in [1.54, 1.807) is 38.1 Å². The van der Waals surface area contributed by atoms with Crippen LogP contribution in [0.1, 0.15) is 27.2 Å². The van der Waals surface area contributed by atoms with Crippen LogP contribution in [0.25, 0.3) is 11.3 Å². The van der Waals surface area contributed by atoms with Gasteiger partial charge in [0.05, 0.1) is 52.4 Å². The summed E-state index contributed by atoms with van der Waals surface area (Å²) in [6.07, 6.45) is -1.49. The van der Waals surface area contributed by atoms with Crippen molar-refractivity contribution < 1.29 is 44.3 Å². The summed E-state index contributed by atoms with van der Waals surface area (Å²) in [4.78, 5) is 25.6. The summed E-state index contributed by atoms with van der Waals surface area (Å²) in [6, 6.07) is 14.8. The Kier molecular flexibility index (Phi) is 9.18. The minimum absolute atomic E-state index is 0.115.